The molecule has 0 aliphatic rings. The quantitative estimate of drug-likeness (QED) is 0.776. The van der Waals surface area contributed by atoms with Crippen LogP contribution in [0.15, 0.2) is 41.6 Å². The maximum atomic E-state index is 11.9. The molecular weight excluding hydrogens is 306 g/mol. The zero-order chi connectivity index (χ0) is 15.0. The standard InChI is InChI=1S/C15H13N3O3.ClH/c1-2-9-7-11(15(20)21)14(19)17-13(9)10-3-4-12-16-5-6-18(12)8-10;/h3-8H,2H2,1H3,(H,17,19)(H,20,21);1H. The number of carboxylic acid groups (broad SMARTS) is 1. The lowest BCUT2D eigenvalue weighted by Crippen LogP contribution is -2.19. The first-order valence-electron chi connectivity index (χ1n) is 6.52. The first-order chi connectivity index (χ1) is 10.1. The van der Waals surface area contributed by atoms with Crippen LogP contribution >= 0.6 is 12.4 Å². The van der Waals surface area contributed by atoms with Gasteiger partial charge in [0.05, 0.1) is 5.69 Å². The van der Waals surface area contributed by atoms with E-state index < -0.39 is 11.5 Å². The second-order valence-electron chi connectivity index (χ2n) is 4.68. The molecule has 6 nitrogen and oxygen atoms in total. The number of imidazole rings is 1. The summed E-state index contributed by atoms with van der Waals surface area (Å²) in [6, 6.07) is 5.14. The number of aromatic amines is 1. The highest BCUT2D eigenvalue weighted by molar-refractivity contribution is 5.88. The number of nitrogens with one attached hydrogen (secondary N) is 1. The van der Waals surface area contributed by atoms with Crippen molar-refractivity contribution in [2.75, 3.05) is 0 Å². The second-order valence-corrected chi connectivity index (χ2v) is 4.68. The number of hydrogen-bond acceptors (Lipinski definition) is 3. The average Bonchev–Trinajstić information content (AvgIpc) is 2.93. The third kappa shape index (κ3) is 2.60. The number of carbonyl (C=O) groups is 1. The molecule has 0 radical (unpaired) electrons. The van der Waals surface area contributed by atoms with E-state index in [1.165, 1.54) is 6.07 Å². The van der Waals surface area contributed by atoms with Gasteiger partial charge in [0.25, 0.3) is 5.56 Å². The van der Waals surface area contributed by atoms with Gasteiger partial charge < -0.3 is 14.5 Å². The summed E-state index contributed by atoms with van der Waals surface area (Å²) in [6.45, 7) is 1.92. The Kier molecular flexibility index (Phi) is 4.32. The van der Waals surface area contributed by atoms with E-state index in [-0.39, 0.29) is 18.0 Å². The zero-order valence-electron chi connectivity index (χ0n) is 11.7. The van der Waals surface area contributed by atoms with Crippen molar-refractivity contribution in [3.63, 3.8) is 0 Å². The molecule has 0 unspecified atom stereocenters. The molecule has 7 heteroatoms. The van der Waals surface area contributed by atoms with Crippen LogP contribution in [0.2, 0.25) is 0 Å². The van der Waals surface area contributed by atoms with Gasteiger partial charge in [0.15, 0.2) is 0 Å². The summed E-state index contributed by atoms with van der Waals surface area (Å²) in [4.78, 5) is 29.8. The lowest BCUT2D eigenvalue weighted by Gasteiger charge is -2.09. The minimum absolute atomic E-state index is 0. The summed E-state index contributed by atoms with van der Waals surface area (Å²) in [6.07, 6.45) is 5.98. The molecular formula is C15H14ClN3O3. The minimum atomic E-state index is -1.22. The lowest BCUT2D eigenvalue weighted by molar-refractivity contribution is 0.0695. The summed E-state index contributed by atoms with van der Waals surface area (Å²) < 4.78 is 1.85. The average molecular weight is 320 g/mol. The van der Waals surface area contributed by atoms with Crippen LogP contribution < -0.4 is 5.56 Å². The maximum absolute atomic E-state index is 11.9. The van der Waals surface area contributed by atoms with Gasteiger partial charge in [-0.05, 0) is 30.2 Å². The maximum Gasteiger partial charge on any atom is 0.341 e. The molecule has 0 saturated carbocycles. The van der Waals surface area contributed by atoms with Gasteiger partial charge in [0, 0.05) is 24.2 Å². The fraction of sp³-hybridized carbons (Fsp3) is 0.133. The number of pyridine rings is 2. The van der Waals surface area contributed by atoms with Crippen molar-refractivity contribution in [1.29, 1.82) is 0 Å². The van der Waals surface area contributed by atoms with Gasteiger partial charge in [-0.1, -0.05) is 6.92 Å². The molecule has 0 amide bonds. The van der Waals surface area contributed by atoms with Gasteiger partial charge in [0.2, 0.25) is 0 Å². The van der Waals surface area contributed by atoms with Crippen LogP contribution in [0.25, 0.3) is 16.9 Å². The van der Waals surface area contributed by atoms with Crippen LogP contribution in [-0.2, 0) is 6.42 Å². The molecule has 3 aromatic heterocycles. The molecule has 2 N–H and O–H groups in total. The predicted molar refractivity (Wildman–Crippen MR) is 84.8 cm³/mol. The molecule has 22 heavy (non-hydrogen) atoms. The van der Waals surface area contributed by atoms with Gasteiger partial charge in [-0.15, -0.1) is 12.4 Å². The van der Waals surface area contributed by atoms with Gasteiger partial charge in [0.1, 0.15) is 11.2 Å². The number of carboxylic acids is 1. The second kappa shape index (κ2) is 6.03. The number of nitrogens with zero attached hydrogens (tertiary/aromatic N) is 2. The largest absolute Gasteiger partial charge is 0.477 e. The SMILES string of the molecule is CCc1cc(C(=O)O)c(=O)[nH]c1-c1ccc2nccn2c1.Cl. The van der Waals surface area contributed by atoms with Crippen molar-refractivity contribution >= 4 is 24.0 Å². The molecule has 3 heterocycles. The van der Waals surface area contributed by atoms with Crippen molar-refractivity contribution < 1.29 is 9.90 Å². The fourth-order valence-corrected chi connectivity index (χ4v) is 2.34. The van der Waals surface area contributed by atoms with E-state index in [4.69, 9.17) is 5.11 Å². The number of fused-ring (bicyclic) bond motifs is 1. The van der Waals surface area contributed by atoms with Crippen molar-refractivity contribution in [3.05, 3.63) is 58.3 Å². The molecule has 0 aromatic carbocycles. The summed E-state index contributed by atoms with van der Waals surface area (Å²) in [5, 5.41) is 9.03. The highest BCUT2D eigenvalue weighted by Crippen LogP contribution is 2.22. The molecule has 0 atom stereocenters. The van der Waals surface area contributed by atoms with E-state index in [0.717, 1.165) is 16.8 Å². The third-order valence-electron chi connectivity index (χ3n) is 3.41. The molecule has 3 rings (SSSR count). The molecule has 0 saturated heterocycles. The van der Waals surface area contributed by atoms with Crippen molar-refractivity contribution in [1.82, 2.24) is 14.4 Å². The Labute approximate surface area is 131 Å². The number of aryl methyl sites for hydroxylation is 1. The van der Waals surface area contributed by atoms with Crippen LogP contribution in [0, 0.1) is 0 Å². The smallest absolute Gasteiger partial charge is 0.341 e. The van der Waals surface area contributed by atoms with Crippen molar-refractivity contribution in [2.24, 2.45) is 0 Å². The lowest BCUT2D eigenvalue weighted by atomic mass is 10.0. The highest BCUT2D eigenvalue weighted by Gasteiger charge is 2.14. The number of halogens is 1. The molecule has 0 fully saturated rings. The molecule has 0 bridgehead atoms. The van der Waals surface area contributed by atoms with Crippen LogP contribution in [0.3, 0.4) is 0 Å². The summed E-state index contributed by atoms with van der Waals surface area (Å²) >= 11 is 0. The zero-order valence-corrected chi connectivity index (χ0v) is 12.6. The van der Waals surface area contributed by atoms with Crippen LogP contribution in [0.5, 0.6) is 0 Å². The van der Waals surface area contributed by atoms with Gasteiger partial charge >= 0.3 is 5.97 Å². The van der Waals surface area contributed by atoms with Crippen LogP contribution in [-0.4, -0.2) is 25.4 Å². The first-order valence-corrected chi connectivity index (χ1v) is 6.52. The highest BCUT2D eigenvalue weighted by atomic mass is 35.5. The molecule has 0 spiro atoms. The predicted octanol–water partition coefficient (Wildman–Crippen LogP) is 2.37. The normalized spacial score (nSPS) is 10.4. The monoisotopic (exact) mass is 319 g/mol. The van der Waals surface area contributed by atoms with E-state index in [0.29, 0.717) is 12.1 Å². The number of hydrogen-bond donors (Lipinski definition) is 2. The van der Waals surface area contributed by atoms with Gasteiger partial charge in [-0.3, -0.25) is 4.79 Å². The number of rotatable bonds is 3. The fourth-order valence-electron chi connectivity index (χ4n) is 2.34. The van der Waals surface area contributed by atoms with E-state index in [1.807, 2.05) is 35.9 Å². The van der Waals surface area contributed by atoms with E-state index in [1.54, 1.807) is 6.20 Å². The Morgan fingerprint density at radius 1 is 1.41 bits per heavy atom. The molecule has 0 aliphatic carbocycles. The first kappa shape index (κ1) is 15.8. The third-order valence-corrected chi connectivity index (χ3v) is 3.41. The van der Waals surface area contributed by atoms with E-state index in [9.17, 15) is 9.59 Å². The van der Waals surface area contributed by atoms with Crippen LogP contribution in [0.1, 0.15) is 22.8 Å². The van der Waals surface area contributed by atoms with Gasteiger partial charge in [-0.25, -0.2) is 9.78 Å². The van der Waals surface area contributed by atoms with Crippen molar-refractivity contribution in [2.45, 2.75) is 13.3 Å². The summed E-state index contributed by atoms with van der Waals surface area (Å²) in [5.41, 5.74) is 2.21. The molecule has 114 valence electrons. The van der Waals surface area contributed by atoms with Crippen LogP contribution in [0.4, 0.5) is 0 Å². The molecule has 3 aromatic rings. The topological polar surface area (TPSA) is 87.5 Å². The van der Waals surface area contributed by atoms with Crippen molar-refractivity contribution in [3.8, 4) is 11.3 Å². The Bertz CT molecular complexity index is 898. The van der Waals surface area contributed by atoms with E-state index in [2.05, 4.69) is 9.97 Å². The summed E-state index contributed by atoms with van der Waals surface area (Å²) in [5.74, 6) is -1.22. The Balaban J connectivity index is 0.00000176. The number of aromatic carboxylic acids is 1. The van der Waals surface area contributed by atoms with Gasteiger partial charge in [-0.2, -0.15) is 0 Å². The minimum Gasteiger partial charge on any atom is -0.477 e. The number of aromatic nitrogens is 3. The van der Waals surface area contributed by atoms with E-state index >= 15 is 0 Å². The number of H-pyrrole nitrogens is 1. The summed E-state index contributed by atoms with van der Waals surface area (Å²) in [7, 11) is 0. The molecule has 0 aliphatic heterocycles. The Hall–Kier alpha value is -2.60. The Morgan fingerprint density at radius 2 is 2.18 bits per heavy atom. The Morgan fingerprint density at radius 3 is 2.86 bits per heavy atom.